The quantitative estimate of drug-likeness (QED) is 0.664. The summed E-state index contributed by atoms with van der Waals surface area (Å²) >= 11 is 0. The molecular weight excluding hydrogens is 338 g/mol. The zero-order valence-electron chi connectivity index (χ0n) is 16.7. The maximum absolute atomic E-state index is 6.14. The van der Waals surface area contributed by atoms with Crippen LogP contribution in [0.5, 0.6) is 0 Å². The van der Waals surface area contributed by atoms with Gasteiger partial charge in [0.05, 0.1) is 5.41 Å². The van der Waals surface area contributed by atoms with Crippen LogP contribution in [0.15, 0.2) is 107 Å². The molecule has 4 rings (SSSR count). The minimum atomic E-state index is -0.266. The molecule has 1 nitrogen and oxygen atoms in total. The van der Waals surface area contributed by atoms with E-state index < -0.39 is 0 Å². The topological polar surface area (TPSA) is 26.0 Å². The molecule has 2 aromatic carbocycles. The van der Waals surface area contributed by atoms with Gasteiger partial charge in [-0.05, 0) is 54.9 Å². The first kappa shape index (κ1) is 18.7. The first-order valence-corrected chi connectivity index (χ1v) is 10.4. The molecule has 1 heteroatoms. The Kier molecular flexibility index (Phi) is 5.45. The highest BCUT2D eigenvalue weighted by molar-refractivity contribution is 5.64. The largest absolute Gasteiger partial charge is 0.327 e. The zero-order valence-corrected chi connectivity index (χ0v) is 16.7. The first-order chi connectivity index (χ1) is 13.8. The SMILES string of the molecule is CC1=C(CN)CCC=C1C(C1=CC=CCC1)(c1ccccc1)c1ccccc1. The number of allylic oxidation sites excluding steroid dienone is 7. The van der Waals surface area contributed by atoms with Crippen molar-refractivity contribution in [3.05, 3.63) is 118 Å². The molecule has 2 N–H and O–H groups in total. The number of benzene rings is 2. The lowest BCUT2D eigenvalue weighted by atomic mass is 9.60. The third-order valence-electron chi connectivity index (χ3n) is 6.29. The fourth-order valence-corrected chi connectivity index (χ4v) is 4.92. The van der Waals surface area contributed by atoms with E-state index in [-0.39, 0.29) is 5.41 Å². The van der Waals surface area contributed by atoms with Gasteiger partial charge in [0.25, 0.3) is 0 Å². The molecule has 0 heterocycles. The van der Waals surface area contributed by atoms with E-state index in [1.54, 1.807) is 0 Å². The van der Waals surface area contributed by atoms with Crippen LogP contribution < -0.4 is 5.73 Å². The van der Waals surface area contributed by atoms with E-state index in [9.17, 15) is 0 Å². The summed E-state index contributed by atoms with van der Waals surface area (Å²) in [6, 6.07) is 22.0. The van der Waals surface area contributed by atoms with Gasteiger partial charge in [-0.25, -0.2) is 0 Å². The first-order valence-electron chi connectivity index (χ1n) is 10.4. The summed E-state index contributed by atoms with van der Waals surface area (Å²) in [6.45, 7) is 2.91. The summed E-state index contributed by atoms with van der Waals surface area (Å²) in [4.78, 5) is 0. The lowest BCUT2D eigenvalue weighted by Gasteiger charge is -2.43. The van der Waals surface area contributed by atoms with E-state index in [1.165, 1.54) is 33.4 Å². The van der Waals surface area contributed by atoms with Crippen LogP contribution >= 0.6 is 0 Å². The summed E-state index contributed by atoms with van der Waals surface area (Å²) in [5, 5.41) is 0. The third kappa shape index (κ3) is 3.10. The number of nitrogens with two attached hydrogens (primary N) is 1. The summed E-state index contributed by atoms with van der Waals surface area (Å²) in [7, 11) is 0. The van der Waals surface area contributed by atoms with Gasteiger partial charge in [0.2, 0.25) is 0 Å². The molecule has 0 amide bonds. The molecular formula is C27H29N. The average Bonchev–Trinajstić information content (AvgIpc) is 2.78. The number of hydrogen-bond acceptors (Lipinski definition) is 1. The van der Waals surface area contributed by atoms with Crippen molar-refractivity contribution < 1.29 is 0 Å². The molecule has 0 atom stereocenters. The van der Waals surface area contributed by atoms with Gasteiger partial charge in [-0.2, -0.15) is 0 Å². The lowest BCUT2D eigenvalue weighted by molar-refractivity contribution is 0.652. The van der Waals surface area contributed by atoms with Crippen molar-refractivity contribution in [2.24, 2.45) is 5.73 Å². The van der Waals surface area contributed by atoms with Crippen LogP contribution in [0.2, 0.25) is 0 Å². The van der Waals surface area contributed by atoms with Crippen molar-refractivity contribution in [3.63, 3.8) is 0 Å². The molecule has 0 unspecified atom stereocenters. The highest BCUT2D eigenvalue weighted by Crippen LogP contribution is 2.51. The normalized spacial score (nSPS) is 17.4. The van der Waals surface area contributed by atoms with E-state index in [4.69, 9.17) is 5.73 Å². The van der Waals surface area contributed by atoms with Crippen LogP contribution in [-0.4, -0.2) is 6.54 Å². The fourth-order valence-electron chi connectivity index (χ4n) is 4.92. The minimum absolute atomic E-state index is 0.266. The van der Waals surface area contributed by atoms with E-state index in [1.807, 2.05) is 0 Å². The van der Waals surface area contributed by atoms with E-state index in [0.717, 1.165) is 25.7 Å². The van der Waals surface area contributed by atoms with Gasteiger partial charge in [-0.1, -0.05) is 96.1 Å². The Morgan fingerprint density at radius 3 is 2.04 bits per heavy atom. The Morgan fingerprint density at radius 1 is 0.857 bits per heavy atom. The zero-order chi connectivity index (χ0) is 19.4. The van der Waals surface area contributed by atoms with E-state index in [0.29, 0.717) is 6.54 Å². The molecule has 2 aliphatic rings. The Bertz CT molecular complexity index is 903. The standard InChI is InChI=1S/C27H29N/c1-21-22(20-28)12-11-19-26(21)27(23-13-5-2-6-14-23,24-15-7-3-8-16-24)25-17-9-4-10-18-25/h2-9,13-17,19H,10-12,18,20,28H2,1H3. The molecule has 0 saturated heterocycles. The van der Waals surface area contributed by atoms with Crippen molar-refractivity contribution in [1.29, 1.82) is 0 Å². The highest BCUT2D eigenvalue weighted by Gasteiger charge is 2.42. The maximum atomic E-state index is 6.14. The van der Waals surface area contributed by atoms with Crippen LogP contribution in [0, 0.1) is 0 Å². The predicted molar refractivity (Wildman–Crippen MR) is 119 cm³/mol. The van der Waals surface area contributed by atoms with E-state index in [2.05, 4.69) is 91.9 Å². The molecule has 142 valence electrons. The number of hydrogen-bond donors (Lipinski definition) is 1. The highest BCUT2D eigenvalue weighted by atomic mass is 14.5. The summed E-state index contributed by atoms with van der Waals surface area (Å²) in [5.74, 6) is 0. The van der Waals surface area contributed by atoms with Crippen molar-refractivity contribution >= 4 is 0 Å². The molecule has 0 bridgehead atoms. The summed E-state index contributed by atoms with van der Waals surface area (Å²) in [5.41, 5.74) is 14.2. The molecule has 0 radical (unpaired) electrons. The number of rotatable bonds is 5. The maximum Gasteiger partial charge on any atom is 0.0664 e. The Balaban J connectivity index is 2.08. The second-order valence-electron chi connectivity index (χ2n) is 7.73. The van der Waals surface area contributed by atoms with Crippen molar-refractivity contribution in [2.75, 3.05) is 6.54 Å². The molecule has 0 saturated carbocycles. The van der Waals surface area contributed by atoms with Gasteiger partial charge in [0.15, 0.2) is 0 Å². The van der Waals surface area contributed by atoms with Crippen LogP contribution in [0.3, 0.4) is 0 Å². The van der Waals surface area contributed by atoms with Crippen LogP contribution in [0.25, 0.3) is 0 Å². The monoisotopic (exact) mass is 367 g/mol. The second-order valence-corrected chi connectivity index (χ2v) is 7.73. The Morgan fingerprint density at radius 2 is 1.50 bits per heavy atom. The smallest absolute Gasteiger partial charge is 0.0664 e. The molecule has 0 spiro atoms. The van der Waals surface area contributed by atoms with Crippen molar-refractivity contribution in [3.8, 4) is 0 Å². The summed E-state index contributed by atoms with van der Waals surface area (Å²) in [6.07, 6.45) is 13.6. The van der Waals surface area contributed by atoms with Gasteiger partial charge in [-0.15, -0.1) is 0 Å². The van der Waals surface area contributed by atoms with Crippen LogP contribution in [0.1, 0.15) is 43.7 Å². The summed E-state index contributed by atoms with van der Waals surface area (Å²) < 4.78 is 0. The molecule has 0 aliphatic heterocycles. The van der Waals surface area contributed by atoms with Crippen molar-refractivity contribution in [1.82, 2.24) is 0 Å². The van der Waals surface area contributed by atoms with Gasteiger partial charge in [0, 0.05) is 6.54 Å². The van der Waals surface area contributed by atoms with Crippen LogP contribution in [-0.2, 0) is 5.41 Å². The van der Waals surface area contributed by atoms with Crippen molar-refractivity contribution in [2.45, 2.75) is 38.0 Å². The van der Waals surface area contributed by atoms with Gasteiger partial charge < -0.3 is 5.73 Å². The molecule has 28 heavy (non-hydrogen) atoms. The van der Waals surface area contributed by atoms with E-state index >= 15 is 0 Å². The predicted octanol–water partition coefficient (Wildman–Crippen LogP) is 6.24. The average molecular weight is 368 g/mol. The Labute approximate surface area is 169 Å². The fraction of sp³-hybridized carbons (Fsp3) is 0.259. The lowest BCUT2D eigenvalue weighted by Crippen LogP contribution is -2.35. The molecule has 0 aromatic heterocycles. The van der Waals surface area contributed by atoms with Crippen LogP contribution in [0.4, 0.5) is 0 Å². The van der Waals surface area contributed by atoms with Gasteiger partial charge >= 0.3 is 0 Å². The second kappa shape index (κ2) is 8.16. The molecule has 2 aromatic rings. The third-order valence-corrected chi connectivity index (χ3v) is 6.29. The van der Waals surface area contributed by atoms with Gasteiger partial charge in [0.1, 0.15) is 0 Å². The Hall–Kier alpha value is -2.64. The van der Waals surface area contributed by atoms with Gasteiger partial charge in [-0.3, -0.25) is 0 Å². The molecule has 0 fully saturated rings. The molecule has 2 aliphatic carbocycles. The minimum Gasteiger partial charge on any atom is -0.327 e.